The van der Waals surface area contributed by atoms with Crippen LogP contribution in [0, 0.1) is 6.92 Å². The van der Waals surface area contributed by atoms with Crippen molar-refractivity contribution in [2.45, 2.75) is 13.8 Å². The van der Waals surface area contributed by atoms with E-state index in [4.69, 9.17) is 9.84 Å². The number of hydrogen-bond acceptors (Lipinski definition) is 2. The summed E-state index contributed by atoms with van der Waals surface area (Å²) in [5, 5.41) is 10.0. The Morgan fingerprint density at radius 3 is 2.78 bits per heavy atom. The van der Waals surface area contributed by atoms with Crippen LogP contribution in [0.15, 0.2) is 24.4 Å². The van der Waals surface area contributed by atoms with Crippen LogP contribution >= 0.6 is 0 Å². The maximum absolute atomic E-state index is 11.2. The van der Waals surface area contributed by atoms with Gasteiger partial charge in [0.2, 0.25) is 0 Å². The summed E-state index contributed by atoms with van der Waals surface area (Å²) in [7, 11) is 1.61. The Bertz CT molecular complexity index is 638. The summed E-state index contributed by atoms with van der Waals surface area (Å²) in [6.45, 7) is 3.79. The van der Waals surface area contributed by atoms with Crippen molar-refractivity contribution in [3.8, 4) is 5.75 Å². The molecule has 1 N–H and O–H groups in total. The zero-order valence-corrected chi connectivity index (χ0v) is 10.6. The highest BCUT2D eigenvalue weighted by Crippen LogP contribution is 2.32. The quantitative estimate of drug-likeness (QED) is 0.880. The summed E-state index contributed by atoms with van der Waals surface area (Å²) in [6.07, 6.45) is 4.41. The number of carboxylic acid groups (broad SMARTS) is 1. The monoisotopic (exact) mass is 245 g/mol. The summed E-state index contributed by atoms with van der Waals surface area (Å²) < 4.78 is 6.58. The fourth-order valence-electron chi connectivity index (χ4n) is 2.19. The molecule has 0 atom stereocenters. The lowest BCUT2D eigenvalue weighted by molar-refractivity contribution is 0.197. The first kappa shape index (κ1) is 12.2. The predicted molar refractivity (Wildman–Crippen MR) is 71.4 cm³/mol. The normalized spacial score (nSPS) is 11.3. The van der Waals surface area contributed by atoms with Crippen LogP contribution in [0.2, 0.25) is 0 Å². The van der Waals surface area contributed by atoms with Gasteiger partial charge in [-0.3, -0.25) is 4.57 Å². The number of fused-ring (bicyclic) bond motifs is 1. The van der Waals surface area contributed by atoms with E-state index < -0.39 is 6.09 Å². The van der Waals surface area contributed by atoms with Crippen molar-refractivity contribution < 1.29 is 14.6 Å². The van der Waals surface area contributed by atoms with Gasteiger partial charge < -0.3 is 9.84 Å². The van der Waals surface area contributed by atoms with Crippen LogP contribution < -0.4 is 4.74 Å². The summed E-state index contributed by atoms with van der Waals surface area (Å²) in [5.74, 6) is 0.751. The fraction of sp³-hybridized carbons (Fsp3) is 0.214. The van der Waals surface area contributed by atoms with Gasteiger partial charge in [-0.05, 0) is 31.5 Å². The molecule has 4 heteroatoms. The van der Waals surface area contributed by atoms with E-state index in [0.29, 0.717) is 5.52 Å². The molecule has 0 spiro atoms. The van der Waals surface area contributed by atoms with Crippen molar-refractivity contribution >= 4 is 23.1 Å². The molecule has 0 aliphatic carbocycles. The molecule has 0 bridgehead atoms. The zero-order chi connectivity index (χ0) is 13.3. The van der Waals surface area contributed by atoms with Crippen LogP contribution in [0.4, 0.5) is 4.79 Å². The smallest absolute Gasteiger partial charge is 0.416 e. The molecule has 0 aliphatic rings. The number of hydrogen-bond donors (Lipinski definition) is 1. The second-order valence-corrected chi connectivity index (χ2v) is 4.04. The lowest BCUT2D eigenvalue weighted by atomic mass is 10.0. The van der Waals surface area contributed by atoms with E-state index in [9.17, 15) is 4.79 Å². The van der Waals surface area contributed by atoms with Crippen molar-refractivity contribution in [3.05, 3.63) is 35.5 Å². The van der Waals surface area contributed by atoms with Gasteiger partial charge in [0, 0.05) is 17.1 Å². The molecule has 0 saturated heterocycles. The van der Waals surface area contributed by atoms with Gasteiger partial charge in [-0.1, -0.05) is 12.2 Å². The van der Waals surface area contributed by atoms with Crippen LogP contribution in [-0.2, 0) is 0 Å². The van der Waals surface area contributed by atoms with Crippen LogP contribution in [0.25, 0.3) is 17.0 Å². The van der Waals surface area contributed by atoms with Gasteiger partial charge in [-0.2, -0.15) is 0 Å². The molecule has 94 valence electrons. The Morgan fingerprint density at radius 1 is 1.50 bits per heavy atom. The molecular weight excluding hydrogens is 230 g/mol. The summed E-state index contributed by atoms with van der Waals surface area (Å²) in [5.41, 5.74) is 2.49. The average Bonchev–Trinajstić information content (AvgIpc) is 2.77. The Morgan fingerprint density at radius 2 is 2.22 bits per heavy atom. The Hall–Kier alpha value is -2.23. The highest BCUT2D eigenvalue weighted by molar-refractivity contribution is 5.98. The Kier molecular flexibility index (Phi) is 3.10. The third-order valence-electron chi connectivity index (χ3n) is 2.92. The lowest BCUT2D eigenvalue weighted by Crippen LogP contribution is -2.06. The minimum absolute atomic E-state index is 0.705. The van der Waals surface area contributed by atoms with Crippen LogP contribution in [-0.4, -0.2) is 22.9 Å². The first-order valence-corrected chi connectivity index (χ1v) is 5.64. The number of carbonyl (C=O) groups is 1. The molecule has 1 aromatic heterocycles. The van der Waals surface area contributed by atoms with Gasteiger partial charge in [-0.25, -0.2) is 4.79 Å². The molecule has 4 nitrogen and oxygen atoms in total. The summed E-state index contributed by atoms with van der Waals surface area (Å²) in [4.78, 5) is 11.2. The van der Waals surface area contributed by atoms with E-state index in [0.717, 1.165) is 22.3 Å². The largest absolute Gasteiger partial charge is 0.496 e. The summed E-state index contributed by atoms with van der Waals surface area (Å²) >= 11 is 0. The summed E-state index contributed by atoms with van der Waals surface area (Å²) in [6, 6.07) is 3.66. The SMILES string of the molecule is C/C=C\c1c(OC)cc(C)c2c1ccn2C(=O)O. The number of rotatable bonds is 2. The zero-order valence-electron chi connectivity index (χ0n) is 10.6. The van der Waals surface area contributed by atoms with Gasteiger partial charge in [0.25, 0.3) is 0 Å². The Balaban J connectivity index is 2.88. The van der Waals surface area contributed by atoms with Gasteiger partial charge in [0.1, 0.15) is 5.75 Å². The van der Waals surface area contributed by atoms with Crippen molar-refractivity contribution in [2.24, 2.45) is 0 Å². The molecule has 1 heterocycles. The molecule has 2 rings (SSSR count). The highest BCUT2D eigenvalue weighted by atomic mass is 16.5. The molecule has 0 amide bonds. The molecule has 0 saturated carbocycles. The lowest BCUT2D eigenvalue weighted by Gasteiger charge is -2.10. The van der Waals surface area contributed by atoms with E-state index in [-0.39, 0.29) is 0 Å². The van der Waals surface area contributed by atoms with Crippen molar-refractivity contribution in [3.63, 3.8) is 0 Å². The maximum Gasteiger partial charge on any atom is 0.416 e. The number of methoxy groups -OCH3 is 1. The highest BCUT2D eigenvalue weighted by Gasteiger charge is 2.15. The fourth-order valence-corrected chi connectivity index (χ4v) is 2.19. The standard InChI is InChI=1S/C14H15NO3/c1-4-5-10-11-6-7-15(14(16)17)13(11)9(2)8-12(10)18-3/h4-8H,1-3H3,(H,16,17)/b5-4-. The van der Waals surface area contributed by atoms with Crippen molar-refractivity contribution in [1.29, 1.82) is 0 Å². The van der Waals surface area contributed by atoms with Gasteiger partial charge in [0.15, 0.2) is 0 Å². The minimum Gasteiger partial charge on any atom is -0.496 e. The van der Waals surface area contributed by atoms with E-state index in [1.54, 1.807) is 19.4 Å². The number of ether oxygens (including phenoxy) is 1. The van der Waals surface area contributed by atoms with Crippen molar-refractivity contribution in [2.75, 3.05) is 7.11 Å². The molecular formula is C14H15NO3. The number of nitrogens with zero attached hydrogens (tertiary/aromatic N) is 1. The van der Waals surface area contributed by atoms with Gasteiger partial charge >= 0.3 is 6.09 Å². The first-order valence-electron chi connectivity index (χ1n) is 5.64. The van der Waals surface area contributed by atoms with Gasteiger partial charge in [-0.15, -0.1) is 0 Å². The molecule has 18 heavy (non-hydrogen) atoms. The third kappa shape index (κ3) is 1.76. The molecule has 0 radical (unpaired) electrons. The topological polar surface area (TPSA) is 51.5 Å². The number of aromatic nitrogens is 1. The second kappa shape index (κ2) is 4.56. The number of allylic oxidation sites excluding steroid dienone is 1. The van der Waals surface area contributed by atoms with Gasteiger partial charge in [0.05, 0.1) is 12.6 Å². The third-order valence-corrected chi connectivity index (χ3v) is 2.92. The first-order chi connectivity index (χ1) is 8.60. The van der Waals surface area contributed by atoms with Crippen LogP contribution in [0.1, 0.15) is 18.1 Å². The number of benzene rings is 1. The van der Waals surface area contributed by atoms with E-state index in [2.05, 4.69) is 0 Å². The van der Waals surface area contributed by atoms with E-state index in [1.165, 1.54) is 4.57 Å². The van der Waals surface area contributed by atoms with Crippen LogP contribution in [0.3, 0.4) is 0 Å². The predicted octanol–water partition coefficient (Wildman–Crippen LogP) is 3.52. The molecule has 0 aliphatic heterocycles. The van der Waals surface area contributed by atoms with E-state index >= 15 is 0 Å². The Labute approximate surface area is 105 Å². The van der Waals surface area contributed by atoms with E-state index in [1.807, 2.05) is 32.1 Å². The number of aryl methyl sites for hydroxylation is 1. The molecule has 0 unspecified atom stereocenters. The second-order valence-electron chi connectivity index (χ2n) is 4.04. The van der Waals surface area contributed by atoms with Crippen molar-refractivity contribution in [1.82, 2.24) is 4.57 Å². The molecule has 1 aromatic carbocycles. The average molecular weight is 245 g/mol. The molecule has 2 aromatic rings. The van der Waals surface area contributed by atoms with Crippen LogP contribution in [0.5, 0.6) is 5.75 Å². The maximum atomic E-state index is 11.2. The molecule has 0 fully saturated rings. The minimum atomic E-state index is -0.982.